The number of nitrogens with one attached hydrogen (secondary N) is 1. The highest BCUT2D eigenvalue weighted by Crippen LogP contribution is 2.16. The highest BCUT2D eigenvalue weighted by Gasteiger charge is 2.12. The molecular weight excluding hydrogens is 306 g/mol. The van der Waals surface area contributed by atoms with E-state index in [0.717, 1.165) is 11.3 Å². The van der Waals surface area contributed by atoms with Crippen LogP contribution in [-0.4, -0.2) is 21.6 Å². The molecule has 0 amide bonds. The molecule has 0 fully saturated rings. The normalized spacial score (nSPS) is 10.7. The number of hydrogen-bond donors (Lipinski definition) is 1. The van der Waals surface area contributed by atoms with Gasteiger partial charge < -0.3 is 4.74 Å². The summed E-state index contributed by atoms with van der Waals surface area (Å²) in [6.07, 6.45) is 0. The Morgan fingerprint density at radius 2 is 2.00 bits per heavy atom. The molecule has 0 aliphatic rings. The van der Waals surface area contributed by atoms with Gasteiger partial charge in [-0.1, -0.05) is 36.1 Å². The van der Waals surface area contributed by atoms with E-state index < -0.39 is 10.0 Å². The Hall–Kier alpha value is -1.81. The molecule has 2 aromatic rings. The Morgan fingerprint density at radius 3 is 2.71 bits per heavy atom. The van der Waals surface area contributed by atoms with Gasteiger partial charge in [-0.05, 0) is 30.0 Å². The van der Waals surface area contributed by atoms with Crippen LogP contribution in [0.25, 0.3) is 0 Å². The molecule has 0 spiro atoms. The molecule has 0 radical (unpaired) electrons. The quantitative estimate of drug-likeness (QED) is 0.861. The summed E-state index contributed by atoms with van der Waals surface area (Å²) in [5, 5.41) is 1.72. The first-order valence-electron chi connectivity index (χ1n) is 6.27. The van der Waals surface area contributed by atoms with Crippen LogP contribution in [0.5, 0.6) is 5.75 Å². The fraction of sp³-hybridized carbons (Fsp3) is 0.200. The van der Waals surface area contributed by atoms with Gasteiger partial charge in [0.05, 0.1) is 6.54 Å². The number of ether oxygens (including phenoxy) is 1. The van der Waals surface area contributed by atoms with Gasteiger partial charge >= 0.3 is 0 Å². The second-order valence-electron chi connectivity index (χ2n) is 4.16. The first kappa shape index (κ1) is 15.6. The summed E-state index contributed by atoms with van der Waals surface area (Å²) in [5.74, 6) is 6.30. The summed E-state index contributed by atoms with van der Waals surface area (Å²) in [7, 11) is -3.44. The van der Waals surface area contributed by atoms with E-state index in [1.54, 1.807) is 17.5 Å². The Morgan fingerprint density at radius 1 is 1.19 bits per heavy atom. The standard InChI is InChI=1S/C15H15NO3S2/c1-13-7-2-3-8-14(13)19-11-5-4-10-16-21(17,18)15-9-6-12-20-15/h2-3,6-9,12,16H,10-11H2,1H3. The van der Waals surface area contributed by atoms with Crippen molar-refractivity contribution in [3.63, 3.8) is 0 Å². The minimum Gasteiger partial charge on any atom is -0.481 e. The molecule has 1 aromatic heterocycles. The third-order valence-corrected chi connectivity index (χ3v) is 5.43. The van der Waals surface area contributed by atoms with Crippen LogP contribution in [0.2, 0.25) is 0 Å². The zero-order valence-corrected chi connectivity index (χ0v) is 13.1. The lowest BCUT2D eigenvalue weighted by molar-refractivity contribution is 0.367. The number of benzene rings is 1. The lowest BCUT2D eigenvalue weighted by atomic mass is 10.2. The molecule has 1 heterocycles. The van der Waals surface area contributed by atoms with Gasteiger partial charge in [-0.2, -0.15) is 4.72 Å². The fourth-order valence-electron chi connectivity index (χ4n) is 1.56. The highest BCUT2D eigenvalue weighted by atomic mass is 32.2. The van der Waals surface area contributed by atoms with Crippen molar-refractivity contribution in [1.29, 1.82) is 0 Å². The molecule has 1 N–H and O–H groups in total. The van der Waals surface area contributed by atoms with Gasteiger partial charge in [0.2, 0.25) is 0 Å². The van der Waals surface area contributed by atoms with Crippen LogP contribution in [0.4, 0.5) is 0 Å². The van der Waals surface area contributed by atoms with E-state index in [1.807, 2.05) is 31.2 Å². The number of rotatable bonds is 5. The number of hydrogen-bond acceptors (Lipinski definition) is 4. The highest BCUT2D eigenvalue weighted by molar-refractivity contribution is 7.91. The maximum Gasteiger partial charge on any atom is 0.250 e. The van der Waals surface area contributed by atoms with Crippen molar-refractivity contribution in [2.45, 2.75) is 11.1 Å². The molecule has 1 aromatic carbocycles. The summed E-state index contributed by atoms with van der Waals surface area (Å²) in [6.45, 7) is 2.25. The number of thiophene rings is 1. The summed E-state index contributed by atoms with van der Waals surface area (Å²) in [5.41, 5.74) is 1.04. The average molecular weight is 321 g/mol. The Bertz CT molecular complexity index is 741. The molecule has 0 aliphatic heterocycles. The van der Waals surface area contributed by atoms with Gasteiger partial charge in [-0.15, -0.1) is 11.3 Å². The molecule has 0 bridgehead atoms. The molecule has 4 nitrogen and oxygen atoms in total. The Labute approximate surface area is 128 Å². The lowest BCUT2D eigenvalue weighted by Crippen LogP contribution is -2.23. The summed E-state index contributed by atoms with van der Waals surface area (Å²) >= 11 is 1.17. The molecule has 6 heteroatoms. The smallest absolute Gasteiger partial charge is 0.250 e. The molecule has 0 saturated heterocycles. The minimum absolute atomic E-state index is 0.0668. The molecule has 0 unspecified atom stereocenters. The molecule has 0 aliphatic carbocycles. The second kappa shape index (κ2) is 7.27. The van der Waals surface area contributed by atoms with Crippen LogP contribution in [0, 0.1) is 18.8 Å². The zero-order valence-electron chi connectivity index (χ0n) is 11.5. The van der Waals surface area contributed by atoms with Gasteiger partial charge in [0, 0.05) is 0 Å². The monoisotopic (exact) mass is 321 g/mol. The largest absolute Gasteiger partial charge is 0.481 e. The van der Waals surface area contributed by atoms with Crippen LogP contribution in [0.1, 0.15) is 5.56 Å². The molecular formula is C15H15NO3S2. The maximum absolute atomic E-state index is 11.8. The summed E-state index contributed by atoms with van der Waals surface area (Å²) in [6, 6.07) is 10.9. The van der Waals surface area contributed by atoms with Crippen LogP contribution >= 0.6 is 11.3 Å². The van der Waals surface area contributed by atoms with Crippen molar-refractivity contribution in [2.24, 2.45) is 0 Å². The third kappa shape index (κ3) is 4.60. The van der Waals surface area contributed by atoms with E-state index in [-0.39, 0.29) is 13.2 Å². The van der Waals surface area contributed by atoms with Gasteiger partial charge in [-0.3, -0.25) is 0 Å². The number of sulfonamides is 1. The van der Waals surface area contributed by atoms with Crippen molar-refractivity contribution in [2.75, 3.05) is 13.2 Å². The fourth-order valence-corrected chi connectivity index (χ4v) is 3.53. The maximum atomic E-state index is 11.8. The van der Waals surface area contributed by atoms with Crippen molar-refractivity contribution in [1.82, 2.24) is 4.72 Å². The number of aryl methyl sites for hydroxylation is 1. The molecule has 0 saturated carbocycles. The van der Waals surface area contributed by atoms with Gasteiger partial charge in [0.25, 0.3) is 10.0 Å². The van der Waals surface area contributed by atoms with E-state index in [1.165, 1.54) is 11.3 Å². The molecule has 2 rings (SSSR count). The Balaban J connectivity index is 1.79. The van der Waals surface area contributed by atoms with E-state index in [4.69, 9.17) is 4.74 Å². The second-order valence-corrected chi connectivity index (χ2v) is 7.11. The number of para-hydroxylation sites is 1. The lowest BCUT2D eigenvalue weighted by Gasteiger charge is -2.04. The van der Waals surface area contributed by atoms with Crippen LogP contribution in [-0.2, 0) is 10.0 Å². The molecule has 21 heavy (non-hydrogen) atoms. The van der Waals surface area contributed by atoms with Crippen LogP contribution in [0.15, 0.2) is 46.0 Å². The van der Waals surface area contributed by atoms with Crippen molar-refractivity contribution < 1.29 is 13.2 Å². The average Bonchev–Trinajstić information content (AvgIpc) is 2.99. The van der Waals surface area contributed by atoms with Crippen molar-refractivity contribution in [3.05, 3.63) is 47.3 Å². The van der Waals surface area contributed by atoms with E-state index in [2.05, 4.69) is 16.6 Å². The predicted octanol–water partition coefficient (Wildman–Crippen LogP) is 2.42. The van der Waals surface area contributed by atoms with Crippen LogP contribution < -0.4 is 9.46 Å². The van der Waals surface area contributed by atoms with Gasteiger partial charge in [0.15, 0.2) is 0 Å². The Kier molecular flexibility index (Phi) is 5.39. The van der Waals surface area contributed by atoms with Gasteiger partial charge in [-0.25, -0.2) is 8.42 Å². The van der Waals surface area contributed by atoms with Crippen molar-refractivity contribution >= 4 is 21.4 Å². The van der Waals surface area contributed by atoms with E-state index in [9.17, 15) is 8.42 Å². The topological polar surface area (TPSA) is 55.4 Å². The zero-order chi connectivity index (χ0) is 15.1. The summed E-state index contributed by atoms with van der Waals surface area (Å²) in [4.78, 5) is 0. The van der Waals surface area contributed by atoms with Crippen molar-refractivity contribution in [3.8, 4) is 17.6 Å². The van der Waals surface area contributed by atoms with E-state index >= 15 is 0 Å². The third-order valence-electron chi connectivity index (χ3n) is 2.63. The van der Waals surface area contributed by atoms with E-state index in [0.29, 0.717) is 4.21 Å². The molecule has 0 atom stereocenters. The first-order chi connectivity index (χ1) is 10.1. The summed E-state index contributed by atoms with van der Waals surface area (Å²) < 4.78 is 31.8. The minimum atomic E-state index is -3.44. The first-order valence-corrected chi connectivity index (χ1v) is 8.63. The van der Waals surface area contributed by atoms with Crippen LogP contribution in [0.3, 0.4) is 0 Å². The SMILES string of the molecule is Cc1ccccc1OCC#CCNS(=O)(=O)c1cccs1. The van der Waals surface area contributed by atoms with Gasteiger partial charge in [0.1, 0.15) is 16.6 Å². The predicted molar refractivity (Wildman–Crippen MR) is 84.0 cm³/mol. The molecule has 110 valence electrons.